The first kappa shape index (κ1) is 13.3. The summed E-state index contributed by atoms with van der Waals surface area (Å²) in [5.74, 6) is 0.547. The van der Waals surface area contributed by atoms with E-state index in [0.717, 1.165) is 21.3 Å². The Bertz CT molecular complexity index is 816. The van der Waals surface area contributed by atoms with Crippen LogP contribution >= 0.6 is 11.3 Å². The molecular weight excluding hydrogens is 290 g/mol. The lowest BCUT2D eigenvalue weighted by Gasteiger charge is -2.06. The van der Waals surface area contributed by atoms with Crippen LogP contribution in [0.2, 0.25) is 0 Å². The third kappa shape index (κ3) is 2.63. The zero-order valence-electron chi connectivity index (χ0n) is 11.0. The Morgan fingerprint density at radius 3 is 3.00 bits per heavy atom. The van der Waals surface area contributed by atoms with Crippen LogP contribution in [0.25, 0.3) is 21.3 Å². The molecule has 0 saturated carbocycles. The highest BCUT2D eigenvalue weighted by Crippen LogP contribution is 2.33. The van der Waals surface area contributed by atoms with E-state index in [1.807, 2.05) is 30.3 Å². The SMILES string of the molecule is COc1ncccc1-c1ccc2nc(NC(=O)O)sc2c1. The molecule has 3 rings (SSSR count). The lowest BCUT2D eigenvalue weighted by Crippen LogP contribution is -2.06. The molecule has 6 nitrogen and oxygen atoms in total. The van der Waals surface area contributed by atoms with E-state index in [4.69, 9.17) is 9.84 Å². The molecule has 21 heavy (non-hydrogen) atoms. The van der Waals surface area contributed by atoms with Crippen LogP contribution in [-0.4, -0.2) is 28.3 Å². The molecule has 3 aromatic rings. The zero-order valence-corrected chi connectivity index (χ0v) is 11.8. The number of hydrogen-bond acceptors (Lipinski definition) is 5. The van der Waals surface area contributed by atoms with Crippen molar-refractivity contribution in [3.05, 3.63) is 36.5 Å². The second kappa shape index (κ2) is 5.37. The van der Waals surface area contributed by atoms with Gasteiger partial charge in [0.1, 0.15) is 0 Å². The molecule has 0 aliphatic heterocycles. The summed E-state index contributed by atoms with van der Waals surface area (Å²) in [5, 5.41) is 11.3. The Morgan fingerprint density at radius 2 is 2.24 bits per heavy atom. The number of nitrogens with one attached hydrogen (secondary N) is 1. The van der Waals surface area contributed by atoms with Gasteiger partial charge in [0.15, 0.2) is 5.13 Å². The number of nitrogens with zero attached hydrogens (tertiary/aromatic N) is 2. The number of ether oxygens (including phenoxy) is 1. The Balaban J connectivity index is 2.06. The summed E-state index contributed by atoms with van der Waals surface area (Å²) in [6, 6.07) is 9.46. The number of pyridine rings is 1. The number of anilines is 1. The maximum absolute atomic E-state index is 10.6. The number of amides is 1. The standard InChI is InChI=1S/C14H11N3O3S/c1-20-12-9(3-2-6-15-12)8-4-5-10-11(7-8)21-13(16-10)17-14(18)19/h2-7H,1H3,(H,16,17)(H,18,19). The van der Waals surface area contributed by atoms with E-state index in [1.165, 1.54) is 11.3 Å². The molecular formula is C14H11N3O3S. The molecule has 7 heteroatoms. The second-order valence-corrected chi connectivity index (χ2v) is 5.22. The lowest BCUT2D eigenvalue weighted by atomic mass is 10.1. The largest absolute Gasteiger partial charge is 0.481 e. The van der Waals surface area contributed by atoms with Gasteiger partial charge in [-0.3, -0.25) is 5.32 Å². The van der Waals surface area contributed by atoms with Gasteiger partial charge in [-0.15, -0.1) is 0 Å². The van der Waals surface area contributed by atoms with Gasteiger partial charge in [-0.05, 0) is 29.8 Å². The number of carbonyl (C=O) groups is 1. The van der Waals surface area contributed by atoms with E-state index >= 15 is 0 Å². The van der Waals surface area contributed by atoms with E-state index in [1.54, 1.807) is 13.3 Å². The Morgan fingerprint density at radius 1 is 1.38 bits per heavy atom. The fourth-order valence-corrected chi connectivity index (χ4v) is 2.91. The van der Waals surface area contributed by atoms with Gasteiger partial charge in [0.25, 0.3) is 0 Å². The molecule has 0 spiro atoms. The van der Waals surface area contributed by atoms with Gasteiger partial charge in [0.05, 0.1) is 17.3 Å². The van der Waals surface area contributed by atoms with Crippen molar-refractivity contribution in [2.45, 2.75) is 0 Å². The van der Waals surface area contributed by atoms with Crippen molar-refractivity contribution in [3.8, 4) is 17.0 Å². The fourth-order valence-electron chi connectivity index (χ4n) is 2.01. The molecule has 0 aliphatic carbocycles. The maximum atomic E-state index is 10.6. The highest BCUT2D eigenvalue weighted by Gasteiger charge is 2.10. The molecule has 2 aromatic heterocycles. The minimum Gasteiger partial charge on any atom is -0.481 e. The molecule has 0 unspecified atom stereocenters. The highest BCUT2D eigenvalue weighted by molar-refractivity contribution is 7.22. The topological polar surface area (TPSA) is 84.3 Å². The van der Waals surface area contributed by atoms with Gasteiger partial charge in [-0.25, -0.2) is 14.8 Å². The quantitative estimate of drug-likeness (QED) is 0.774. The number of fused-ring (bicyclic) bond motifs is 1. The average molecular weight is 301 g/mol. The number of rotatable bonds is 3. The molecule has 2 N–H and O–H groups in total. The van der Waals surface area contributed by atoms with E-state index in [0.29, 0.717) is 11.0 Å². The van der Waals surface area contributed by atoms with E-state index in [2.05, 4.69) is 15.3 Å². The van der Waals surface area contributed by atoms with Crippen LogP contribution in [0.1, 0.15) is 0 Å². The molecule has 0 bridgehead atoms. The van der Waals surface area contributed by atoms with Gasteiger partial charge in [0.2, 0.25) is 5.88 Å². The minimum absolute atomic E-state index is 0.354. The van der Waals surface area contributed by atoms with Crippen molar-refractivity contribution < 1.29 is 14.6 Å². The van der Waals surface area contributed by atoms with Gasteiger partial charge in [-0.1, -0.05) is 17.4 Å². The summed E-state index contributed by atoms with van der Waals surface area (Å²) in [5.41, 5.74) is 2.57. The first-order valence-electron chi connectivity index (χ1n) is 6.07. The van der Waals surface area contributed by atoms with Crippen molar-refractivity contribution >= 4 is 32.8 Å². The normalized spacial score (nSPS) is 10.5. The molecule has 0 saturated heterocycles. The molecule has 2 heterocycles. The van der Waals surface area contributed by atoms with Crippen LogP contribution in [0.4, 0.5) is 9.93 Å². The predicted octanol–water partition coefficient (Wildman–Crippen LogP) is 3.46. The van der Waals surface area contributed by atoms with Crippen molar-refractivity contribution in [2.75, 3.05) is 12.4 Å². The Hall–Kier alpha value is -2.67. The van der Waals surface area contributed by atoms with Crippen molar-refractivity contribution in [1.82, 2.24) is 9.97 Å². The first-order valence-corrected chi connectivity index (χ1v) is 6.89. The number of aromatic nitrogens is 2. The first-order chi connectivity index (χ1) is 10.2. The highest BCUT2D eigenvalue weighted by atomic mass is 32.1. The zero-order chi connectivity index (χ0) is 14.8. The van der Waals surface area contributed by atoms with Gasteiger partial charge in [0, 0.05) is 11.8 Å². The monoisotopic (exact) mass is 301 g/mol. The molecule has 0 fully saturated rings. The molecule has 106 valence electrons. The van der Waals surface area contributed by atoms with E-state index in [9.17, 15) is 4.79 Å². The predicted molar refractivity (Wildman–Crippen MR) is 81.1 cm³/mol. The summed E-state index contributed by atoms with van der Waals surface area (Å²) in [6.07, 6.45) is 0.547. The number of thiazole rings is 1. The summed E-state index contributed by atoms with van der Waals surface area (Å²) in [4.78, 5) is 19.0. The number of hydrogen-bond donors (Lipinski definition) is 2. The Labute approximate surface area is 124 Å². The van der Waals surface area contributed by atoms with Gasteiger partial charge < -0.3 is 9.84 Å². The van der Waals surface area contributed by atoms with Crippen molar-refractivity contribution in [3.63, 3.8) is 0 Å². The summed E-state index contributed by atoms with van der Waals surface area (Å²) < 4.78 is 6.15. The second-order valence-electron chi connectivity index (χ2n) is 4.19. The minimum atomic E-state index is -1.12. The van der Waals surface area contributed by atoms with E-state index < -0.39 is 6.09 Å². The van der Waals surface area contributed by atoms with Crippen LogP contribution in [0.15, 0.2) is 36.5 Å². The fraction of sp³-hybridized carbons (Fsp3) is 0.0714. The van der Waals surface area contributed by atoms with Gasteiger partial charge >= 0.3 is 6.09 Å². The van der Waals surface area contributed by atoms with Crippen LogP contribution in [0, 0.1) is 0 Å². The lowest BCUT2D eigenvalue weighted by molar-refractivity contribution is 0.210. The van der Waals surface area contributed by atoms with Crippen LogP contribution < -0.4 is 10.1 Å². The average Bonchev–Trinajstić information content (AvgIpc) is 2.87. The molecule has 1 amide bonds. The molecule has 0 atom stereocenters. The number of methoxy groups -OCH3 is 1. The van der Waals surface area contributed by atoms with Crippen molar-refractivity contribution in [2.24, 2.45) is 0 Å². The third-order valence-corrected chi connectivity index (χ3v) is 3.81. The summed E-state index contributed by atoms with van der Waals surface area (Å²) in [6.45, 7) is 0. The number of benzene rings is 1. The Kier molecular flexibility index (Phi) is 3.41. The van der Waals surface area contributed by atoms with Crippen LogP contribution in [-0.2, 0) is 0 Å². The van der Waals surface area contributed by atoms with Gasteiger partial charge in [-0.2, -0.15) is 0 Å². The van der Waals surface area contributed by atoms with E-state index in [-0.39, 0.29) is 0 Å². The molecule has 0 radical (unpaired) electrons. The van der Waals surface area contributed by atoms with Crippen molar-refractivity contribution in [1.29, 1.82) is 0 Å². The third-order valence-electron chi connectivity index (χ3n) is 2.88. The molecule has 1 aromatic carbocycles. The summed E-state index contributed by atoms with van der Waals surface area (Å²) in [7, 11) is 1.58. The molecule has 0 aliphatic rings. The van der Waals surface area contributed by atoms with Crippen LogP contribution in [0.5, 0.6) is 5.88 Å². The number of carboxylic acid groups (broad SMARTS) is 1. The summed E-state index contributed by atoms with van der Waals surface area (Å²) >= 11 is 1.28. The van der Waals surface area contributed by atoms with Crippen LogP contribution in [0.3, 0.4) is 0 Å². The maximum Gasteiger partial charge on any atom is 0.410 e. The smallest absolute Gasteiger partial charge is 0.410 e.